The summed E-state index contributed by atoms with van der Waals surface area (Å²) in [6, 6.07) is 4.77. The average Bonchev–Trinajstić information content (AvgIpc) is 2.28. The van der Waals surface area contributed by atoms with Crippen molar-refractivity contribution < 1.29 is 4.39 Å². The van der Waals surface area contributed by atoms with Crippen molar-refractivity contribution in [3.05, 3.63) is 40.3 Å². The van der Waals surface area contributed by atoms with Crippen LogP contribution in [0.5, 0.6) is 0 Å². The molecule has 2 rings (SSSR count). The van der Waals surface area contributed by atoms with Crippen molar-refractivity contribution in [1.29, 1.82) is 0 Å². The molecule has 1 aromatic carbocycles. The van der Waals surface area contributed by atoms with Gasteiger partial charge in [-0.05, 0) is 18.2 Å². The number of hydrogen-bond acceptors (Lipinski definition) is 3. The Balaban J connectivity index is 2.58. The lowest BCUT2D eigenvalue weighted by Crippen LogP contribution is -1.99. The monoisotopic (exact) mass is 271 g/mol. The summed E-state index contributed by atoms with van der Waals surface area (Å²) in [6.07, 6.45) is 1.10. The van der Waals surface area contributed by atoms with Crippen molar-refractivity contribution in [3.8, 4) is 11.3 Å². The highest BCUT2D eigenvalue weighted by Crippen LogP contribution is 2.27. The second-order valence-electron chi connectivity index (χ2n) is 3.30. The van der Waals surface area contributed by atoms with Crippen LogP contribution >= 0.6 is 23.2 Å². The lowest BCUT2D eigenvalue weighted by Gasteiger charge is -2.06. The van der Waals surface area contributed by atoms with E-state index in [9.17, 15) is 4.39 Å². The molecule has 0 aliphatic carbocycles. The second-order valence-corrected chi connectivity index (χ2v) is 4.17. The van der Waals surface area contributed by atoms with Crippen molar-refractivity contribution in [3.63, 3.8) is 0 Å². The highest BCUT2D eigenvalue weighted by atomic mass is 35.5. The first kappa shape index (κ1) is 12.1. The first-order valence-corrected chi connectivity index (χ1v) is 5.52. The Morgan fingerprint density at radius 1 is 1.18 bits per heavy atom. The summed E-state index contributed by atoms with van der Waals surface area (Å²) >= 11 is 11.7. The molecule has 1 heterocycles. The van der Waals surface area contributed by atoms with Gasteiger partial charge < -0.3 is 5.32 Å². The Hall–Kier alpha value is -1.39. The topological polar surface area (TPSA) is 37.8 Å². The highest BCUT2D eigenvalue weighted by Gasteiger charge is 2.10. The zero-order valence-corrected chi connectivity index (χ0v) is 10.3. The number of halogens is 3. The minimum Gasteiger partial charge on any atom is -0.357 e. The van der Waals surface area contributed by atoms with Crippen LogP contribution in [0.4, 0.5) is 10.3 Å². The van der Waals surface area contributed by atoms with Crippen LogP contribution in [0.15, 0.2) is 24.4 Å². The van der Waals surface area contributed by atoms with Gasteiger partial charge in [0, 0.05) is 22.7 Å². The number of aromatic nitrogens is 2. The molecule has 1 N–H and O–H groups in total. The molecule has 6 heteroatoms. The third-order valence-electron chi connectivity index (χ3n) is 2.10. The lowest BCUT2D eigenvalue weighted by molar-refractivity contribution is 0.619. The van der Waals surface area contributed by atoms with Crippen LogP contribution in [0.25, 0.3) is 11.3 Å². The zero-order chi connectivity index (χ0) is 12.4. The van der Waals surface area contributed by atoms with E-state index in [4.69, 9.17) is 23.2 Å². The van der Waals surface area contributed by atoms with Gasteiger partial charge in [0.2, 0.25) is 5.95 Å². The van der Waals surface area contributed by atoms with Crippen molar-refractivity contribution in [2.75, 3.05) is 12.4 Å². The fourth-order valence-electron chi connectivity index (χ4n) is 1.38. The minimum atomic E-state index is -0.526. The smallest absolute Gasteiger partial charge is 0.223 e. The van der Waals surface area contributed by atoms with E-state index in [1.165, 1.54) is 0 Å². The molecule has 17 heavy (non-hydrogen) atoms. The molecule has 1 aromatic heterocycles. The van der Waals surface area contributed by atoms with E-state index >= 15 is 0 Å². The molecule has 0 amide bonds. The number of hydrogen-bond donors (Lipinski definition) is 1. The van der Waals surface area contributed by atoms with Gasteiger partial charge in [-0.25, -0.2) is 14.4 Å². The molecule has 0 saturated carbocycles. The van der Waals surface area contributed by atoms with Crippen molar-refractivity contribution in [2.24, 2.45) is 0 Å². The van der Waals surface area contributed by atoms with E-state index in [1.54, 1.807) is 25.2 Å². The zero-order valence-electron chi connectivity index (χ0n) is 8.84. The summed E-state index contributed by atoms with van der Waals surface area (Å²) in [5.41, 5.74) is 0.674. The van der Waals surface area contributed by atoms with Crippen LogP contribution < -0.4 is 5.32 Å². The summed E-state index contributed by atoms with van der Waals surface area (Å²) < 4.78 is 13.6. The maximum Gasteiger partial charge on any atom is 0.223 e. The average molecular weight is 272 g/mol. The quantitative estimate of drug-likeness (QED) is 0.907. The summed E-state index contributed by atoms with van der Waals surface area (Å²) in [5.74, 6) is -0.195. The van der Waals surface area contributed by atoms with Gasteiger partial charge in [0.1, 0.15) is 5.69 Å². The van der Waals surface area contributed by atoms with Crippen LogP contribution in [0.3, 0.4) is 0 Å². The third kappa shape index (κ3) is 2.65. The molecular formula is C11H8Cl2FN3. The van der Waals surface area contributed by atoms with Gasteiger partial charge in [-0.2, -0.15) is 0 Å². The van der Waals surface area contributed by atoms with Gasteiger partial charge in [-0.15, -0.1) is 0 Å². The van der Waals surface area contributed by atoms with Gasteiger partial charge in [0.15, 0.2) is 5.82 Å². The molecule has 0 aliphatic rings. The number of rotatable bonds is 2. The van der Waals surface area contributed by atoms with Crippen LogP contribution in [0.2, 0.25) is 10.0 Å². The summed E-state index contributed by atoms with van der Waals surface area (Å²) in [5, 5.41) is 3.59. The van der Waals surface area contributed by atoms with Gasteiger partial charge in [0.25, 0.3) is 0 Å². The fraction of sp³-hybridized carbons (Fsp3) is 0.0909. The second kappa shape index (κ2) is 4.85. The molecule has 0 bridgehead atoms. The van der Waals surface area contributed by atoms with Gasteiger partial charge in [0.05, 0.1) is 6.20 Å². The molecule has 0 atom stereocenters. The third-order valence-corrected chi connectivity index (χ3v) is 2.54. The van der Waals surface area contributed by atoms with E-state index in [2.05, 4.69) is 15.3 Å². The SMILES string of the molecule is CNc1ncc(F)c(-c2cc(Cl)cc(Cl)c2)n1. The van der Waals surface area contributed by atoms with Crippen LogP contribution in [-0.2, 0) is 0 Å². The minimum absolute atomic E-state index is 0.161. The lowest BCUT2D eigenvalue weighted by atomic mass is 10.1. The summed E-state index contributed by atoms with van der Waals surface area (Å²) in [6.45, 7) is 0. The molecule has 88 valence electrons. The number of benzene rings is 1. The molecule has 2 aromatic rings. The Morgan fingerprint density at radius 2 is 1.82 bits per heavy atom. The Bertz CT molecular complexity index is 540. The van der Waals surface area contributed by atoms with E-state index < -0.39 is 5.82 Å². The Kier molecular flexibility index (Phi) is 3.45. The predicted molar refractivity (Wildman–Crippen MR) is 67.0 cm³/mol. The fourth-order valence-corrected chi connectivity index (χ4v) is 1.91. The molecule has 3 nitrogen and oxygen atoms in total. The van der Waals surface area contributed by atoms with Crippen LogP contribution in [0.1, 0.15) is 0 Å². The first-order valence-electron chi connectivity index (χ1n) is 4.77. The maximum absolute atomic E-state index is 13.6. The van der Waals surface area contributed by atoms with Gasteiger partial charge in [-0.1, -0.05) is 23.2 Å². The molecule has 0 spiro atoms. The van der Waals surface area contributed by atoms with E-state index in [0.717, 1.165) is 6.20 Å². The largest absolute Gasteiger partial charge is 0.357 e. The summed E-state index contributed by atoms with van der Waals surface area (Å²) in [4.78, 5) is 7.79. The van der Waals surface area contributed by atoms with Crippen molar-refractivity contribution in [2.45, 2.75) is 0 Å². The van der Waals surface area contributed by atoms with E-state index in [1.807, 2.05) is 0 Å². The van der Waals surface area contributed by atoms with Gasteiger partial charge in [-0.3, -0.25) is 0 Å². The first-order chi connectivity index (χ1) is 8.10. The van der Waals surface area contributed by atoms with Gasteiger partial charge >= 0.3 is 0 Å². The predicted octanol–water partition coefficient (Wildman–Crippen LogP) is 3.63. The van der Waals surface area contributed by atoms with E-state index in [-0.39, 0.29) is 5.69 Å². The molecule has 0 aliphatic heterocycles. The van der Waals surface area contributed by atoms with E-state index in [0.29, 0.717) is 21.6 Å². The van der Waals surface area contributed by atoms with Crippen LogP contribution in [-0.4, -0.2) is 17.0 Å². The maximum atomic E-state index is 13.6. The van der Waals surface area contributed by atoms with Crippen molar-refractivity contribution >= 4 is 29.2 Å². The summed E-state index contributed by atoms with van der Waals surface area (Å²) in [7, 11) is 1.65. The molecule has 0 fully saturated rings. The normalized spacial score (nSPS) is 10.4. The number of nitrogens with one attached hydrogen (secondary N) is 1. The number of nitrogens with zero attached hydrogens (tertiary/aromatic N) is 2. The Morgan fingerprint density at radius 3 is 2.41 bits per heavy atom. The standard InChI is InChI=1S/C11H8Cl2FN3/c1-15-11-16-5-9(14)10(17-11)6-2-7(12)4-8(13)3-6/h2-5H,1H3,(H,15,16,17). The van der Waals surface area contributed by atoms with Crippen LogP contribution in [0, 0.1) is 5.82 Å². The molecule has 0 unspecified atom stereocenters. The molecular weight excluding hydrogens is 264 g/mol. The molecule has 0 radical (unpaired) electrons. The number of anilines is 1. The highest BCUT2D eigenvalue weighted by molar-refractivity contribution is 6.35. The van der Waals surface area contributed by atoms with Crippen molar-refractivity contribution in [1.82, 2.24) is 9.97 Å². The molecule has 0 saturated heterocycles. The Labute approximate surface area is 108 Å².